The number of hydrogen-bond acceptors (Lipinski definition) is 2. The van der Waals surface area contributed by atoms with E-state index in [1.807, 2.05) is 0 Å². The number of nitrogens with zero attached hydrogens (tertiary/aromatic N) is 2. The Hall–Kier alpha value is -1.64. The van der Waals surface area contributed by atoms with E-state index in [0.717, 1.165) is 5.69 Å². The molecule has 0 amide bonds. The summed E-state index contributed by atoms with van der Waals surface area (Å²) in [5.41, 5.74) is 1.42. The summed E-state index contributed by atoms with van der Waals surface area (Å²) in [4.78, 5) is 11.6. The Labute approximate surface area is 83.7 Å². The van der Waals surface area contributed by atoms with Gasteiger partial charge in [0.25, 0.3) is 0 Å². The maximum absolute atomic E-state index is 11.6. The molecule has 1 aromatic heterocycles. The average Bonchev–Trinajstić information content (AvgIpc) is 2.55. The zero-order chi connectivity index (χ0) is 10.6. The predicted octanol–water partition coefficient (Wildman–Crippen LogP) is 2.21. The third kappa shape index (κ3) is 1.99. The summed E-state index contributed by atoms with van der Waals surface area (Å²) < 4.78 is 1.65. The molecule has 0 fully saturated rings. The lowest BCUT2D eigenvalue weighted by Crippen LogP contribution is -2.01. The van der Waals surface area contributed by atoms with Crippen molar-refractivity contribution in [3.8, 4) is 0 Å². The molecule has 74 valence electrons. The van der Waals surface area contributed by atoms with Crippen LogP contribution in [0.4, 0.5) is 0 Å². The number of hydrogen-bond donors (Lipinski definition) is 0. The minimum absolute atomic E-state index is 0.0906. The number of ketones is 1. The van der Waals surface area contributed by atoms with Gasteiger partial charge in [-0.2, -0.15) is 5.10 Å². The van der Waals surface area contributed by atoms with Crippen molar-refractivity contribution in [1.82, 2.24) is 9.78 Å². The lowest BCUT2D eigenvalue weighted by molar-refractivity contribution is 0.0983. The second-order valence-electron chi connectivity index (χ2n) is 3.02. The van der Waals surface area contributed by atoms with Crippen LogP contribution in [0.3, 0.4) is 0 Å². The van der Waals surface area contributed by atoms with E-state index < -0.39 is 0 Å². The molecule has 0 aromatic carbocycles. The Kier molecular flexibility index (Phi) is 3.40. The van der Waals surface area contributed by atoms with E-state index in [9.17, 15) is 4.79 Å². The van der Waals surface area contributed by atoms with Gasteiger partial charge in [0.05, 0.1) is 17.5 Å². The molecule has 3 nitrogen and oxygen atoms in total. The Morgan fingerprint density at radius 3 is 2.93 bits per heavy atom. The third-order valence-electron chi connectivity index (χ3n) is 2.05. The molecule has 0 aliphatic heterocycles. The average molecular weight is 190 g/mol. The van der Waals surface area contributed by atoms with Crippen molar-refractivity contribution < 1.29 is 4.79 Å². The molecule has 1 aromatic rings. The molecule has 3 heteroatoms. The number of carbonyl (C=O) groups is 1. The van der Waals surface area contributed by atoms with E-state index in [1.165, 1.54) is 0 Å². The van der Waals surface area contributed by atoms with Crippen molar-refractivity contribution in [2.45, 2.75) is 12.8 Å². The van der Waals surface area contributed by atoms with Crippen LogP contribution in [-0.4, -0.2) is 15.6 Å². The smallest absolute Gasteiger partial charge is 0.166 e. The molecule has 0 saturated heterocycles. The van der Waals surface area contributed by atoms with Gasteiger partial charge in [0.1, 0.15) is 0 Å². The quantitative estimate of drug-likeness (QED) is 0.527. The van der Waals surface area contributed by atoms with Crippen LogP contribution in [-0.2, 0) is 7.05 Å². The van der Waals surface area contributed by atoms with Gasteiger partial charge in [-0.05, 0) is 12.5 Å². The van der Waals surface area contributed by atoms with Crippen LogP contribution in [0.15, 0.2) is 25.4 Å². The van der Waals surface area contributed by atoms with Crippen LogP contribution in [0.25, 0.3) is 6.08 Å². The van der Waals surface area contributed by atoms with Gasteiger partial charge in [-0.25, -0.2) is 0 Å². The molecule has 0 atom stereocenters. The molecular weight excluding hydrogens is 176 g/mol. The zero-order valence-corrected chi connectivity index (χ0v) is 8.36. The molecule has 1 heterocycles. The molecular formula is C11H14N2O. The van der Waals surface area contributed by atoms with Gasteiger partial charge in [0.15, 0.2) is 5.78 Å². The third-order valence-corrected chi connectivity index (χ3v) is 2.05. The highest BCUT2D eigenvalue weighted by molar-refractivity contribution is 5.98. The highest BCUT2D eigenvalue weighted by atomic mass is 16.1. The van der Waals surface area contributed by atoms with Gasteiger partial charge in [0, 0.05) is 13.5 Å². The number of aryl methyl sites for hydroxylation is 1. The molecule has 0 N–H and O–H groups in total. The first-order valence-electron chi connectivity index (χ1n) is 4.49. The van der Waals surface area contributed by atoms with Gasteiger partial charge in [-0.15, -0.1) is 6.58 Å². The molecule has 0 unspecified atom stereocenters. The summed E-state index contributed by atoms with van der Waals surface area (Å²) in [5.74, 6) is 0.0906. The fourth-order valence-electron chi connectivity index (χ4n) is 1.27. The molecule has 0 radical (unpaired) electrons. The highest BCUT2D eigenvalue weighted by Crippen LogP contribution is 2.12. The van der Waals surface area contributed by atoms with E-state index in [-0.39, 0.29) is 5.78 Å². The summed E-state index contributed by atoms with van der Waals surface area (Å²) in [6.45, 7) is 7.23. The normalized spacial score (nSPS) is 9.79. The molecule has 0 bridgehead atoms. The van der Waals surface area contributed by atoms with Crippen molar-refractivity contribution in [3.05, 3.63) is 36.7 Å². The molecule has 14 heavy (non-hydrogen) atoms. The van der Waals surface area contributed by atoms with Gasteiger partial charge < -0.3 is 0 Å². The van der Waals surface area contributed by atoms with Crippen molar-refractivity contribution in [2.75, 3.05) is 0 Å². The molecule has 1 rings (SSSR count). The first kappa shape index (κ1) is 10.4. The van der Waals surface area contributed by atoms with E-state index in [2.05, 4.69) is 18.3 Å². The minimum atomic E-state index is 0.0906. The summed E-state index contributed by atoms with van der Waals surface area (Å²) >= 11 is 0. The Morgan fingerprint density at radius 1 is 1.64 bits per heavy atom. The molecule has 0 aliphatic rings. The Bertz CT molecular complexity index is 363. The van der Waals surface area contributed by atoms with E-state index in [4.69, 9.17) is 0 Å². The van der Waals surface area contributed by atoms with Crippen molar-refractivity contribution >= 4 is 11.9 Å². The lowest BCUT2D eigenvalue weighted by atomic mass is 10.1. The topological polar surface area (TPSA) is 34.9 Å². The van der Waals surface area contributed by atoms with Gasteiger partial charge in [-0.1, -0.05) is 12.7 Å². The van der Waals surface area contributed by atoms with Crippen LogP contribution >= 0.6 is 0 Å². The van der Waals surface area contributed by atoms with E-state index >= 15 is 0 Å². The number of rotatable bonds is 5. The van der Waals surface area contributed by atoms with Gasteiger partial charge >= 0.3 is 0 Å². The predicted molar refractivity (Wildman–Crippen MR) is 57.1 cm³/mol. The van der Waals surface area contributed by atoms with Gasteiger partial charge in [0.2, 0.25) is 0 Å². The number of Topliss-reactive ketones (excluding diaryl/α,β-unsaturated/α-hetero) is 1. The fraction of sp³-hybridized carbons (Fsp3) is 0.273. The maximum atomic E-state index is 11.6. The molecule has 0 saturated carbocycles. The van der Waals surface area contributed by atoms with Crippen LogP contribution in [0, 0.1) is 0 Å². The number of allylic oxidation sites excluding steroid dienone is 1. The van der Waals surface area contributed by atoms with Crippen LogP contribution < -0.4 is 0 Å². The number of carbonyl (C=O) groups excluding carboxylic acids is 1. The van der Waals surface area contributed by atoms with Crippen LogP contribution in [0.2, 0.25) is 0 Å². The zero-order valence-electron chi connectivity index (χ0n) is 8.36. The van der Waals surface area contributed by atoms with Crippen molar-refractivity contribution in [2.24, 2.45) is 7.05 Å². The fourth-order valence-corrected chi connectivity index (χ4v) is 1.27. The monoisotopic (exact) mass is 190 g/mol. The standard InChI is InChI=1S/C11H14N2O/c1-4-6-7-11(14)9-8-12-13(3)10(9)5-2/h4-5,8H,1-2,6-7H2,3H3. The minimum Gasteiger partial charge on any atom is -0.294 e. The second-order valence-corrected chi connectivity index (χ2v) is 3.02. The summed E-state index contributed by atoms with van der Waals surface area (Å²) in [6, 6.07) is 0. The van der Waals surface area contributed by atoms with Crippen molar-refractivity contribution in [1.29, 1.82) is 0 Å². The summed E-state index contributed by atoms with van der Waals surface area (Å²) in [5, 5.41) is 4.02. The largest absolute Gasteiger partial charge is 0.294 e. The SMILES string of the molecule is C=CCCC(=O)c1cnn(C)c1C=C. The Balaban J connectivity index is 2.89. The maximum Gasteiger partial charge on any atom is 0.166 e. The highest BCUT2D eigenvalue weighted by Gasteiger charge is 2.12. The molecule has 0 spiro atoms. The van der Waals surface area contributed by atoms with Crippen molar-refractivity contribution in [3.63, 3.8) is 0 Å². The van der Waals surface area contributed by atoms with Crippen LogP contribution in [0.1, 0.15) is 28.9 Å². The summed E-state index contributed by atoms with van der Waals surface area (Å²) in [6.07, 6.45) is 6.15. The van der Waals surface area contributed by atoms with E-state index in [0.29, 0.717) is 18.4 Å². The first-order valence-corrected chi connectivity index (χ1v) is 4.49. The molecule has 0 aliphatic carbocycles. The first-order chi connectivity index (χ1) is 6.70. The lowest BCUT2D eigenvalue weighted by Gasteiger charge is -1.98. The van der Waals surface area contributed by atoms with Crippen LogP contribution in [0.5, 0.6) is 0 Å². The summed E-state index contributed by atoms with van der Waals surface area (Å²) in [7, 11) is 1.79. The number of aromatic nitrogens is 2. The Morgan fingerprint density at radius 2 is 2.36 bits per heavy atom. The van der Waals surface area contributed by atoms with E-state index in [1.54, 1.807) is 30.1 Å². The van der Waals surface area contributed by atoms with Gasteiger partial charge in [-0.3, -0.25) is 9.48 Å². The second kappa shape index (κ2) is 4.56.